The third-order valence-electron chi connectivity index (χ3n) is 7.87. The molecule has 40 heavy (non-hydrogen) atoms. The van der Waals surface area contributed by atoms with Crippen molar-refractivity contribution in [3.63, 3.8) is 0 Å². The Morgan fingerprint density at radius 2 is 1.57 bits per heavy atom. The number of aliphatic hydroxyl groups excluding tert-OH is 1. The van der Waals surface area contributed by atoms with Gasteiger partial charge in [0.2, 0.25) is 11.8 Å². The Morgan fingerprint density at radius 1 is 0.950 bits per heavy atom. The number of piperidine rings is 2. The summed E-state index contributed by atoms with van der Waals surface area (Å²) in [5.41, 5.74) is 0.0807. The van der Waals surface area contributed by atoms with Crippen molar-refractivity contribution in [2.45, 2.75) is 37.4 Å². The summed E-state index contributed by atoms with van der Waals surface area (Å²) < 4.78 is 39.0. The molecule has 2 aliphatic rings. The number of halogens is 5. The van der Waals surface area contributed by atoms with Crippen molar-refractivity contribution in [1.82, 2.24) is 14.7 Å². The molecule has 2 saturated heterocycles. The topological polar surface area (TPSA) is 81.2 Å². The van der Waals surface area contributed by atoms with E-state index in [1.165, 1.54) is 17.0 Å². The quantitative estimate of drug-likeness (QED) is 0.540. The molecule has 0 aromatic heterocycles. The Balaban J connectivity index is 1.53. The van der Waals surface area contributed by atoms with Crippen molar-refractivity contribution in [3.8, 4) is 0 Å². The number of amides is 3. The minimum absolute atomic E-state index is 0.0312. The molecule has 0 unspecified atom stereocenters. The van der Waals surface area contributed by atoms with E-state index in [4.69, 9.17) is 28.3 Å². The fraction of sp³-hybridized carbons (Fsp3) is 0.464. The fourth-order valence-corrected chi connectivity index (χ4v) is 5.87. The summed E-state index contributed by atoms with van der Waals surface area (Å²) in [4.78, 5) is 43.5. The molecule has 2 aromatic carbocycles. The largest absolute Gasteiger partial charge is 0.416 e. The maximum Gasteiger partial charge on any atom is 0.416 e. The van der Waals surface area contributed by atoms with Crippen LogP contribution in [-0.4, -0.2) is 83.4 Å². The van der Waals surface area contributed by atoms with Gasteiger partial charge in [0.25, 0.3) is 5.91 Å². The van der Waals surface area contributed by atoms with Gasteiger partial charge in [0.1, 0.15) is 6.61 Å². The van der Waals surface area contributed by atoms with Gasteiger partial charge in [-0.15, -0.1) is 0 Å². The van der Waals surface area contributed by atoms with Gasteiger partial charge < -0.3 is 19.8 Å². The van der Waals surface area contributed by atoms with E-state index in [2.05, 4.69) is 0 Å². The number of likely N-dealkylation sites (N-methyl/N-ethyl adjacent to an activating group) is 1. The van der Waals surface area contributed by atoms with Gasteiger partial charge in [-0.25, -0.2) is 0 Å². The van der Waals surface area contributed by atoms with E-state index >= 15 is 0 Å². The second-order valence-corrected chi connectivity index (χ2v) is 11.0. The molecular formula is C28H30Cl2F3N3O4. The van der Waals surface area contributed by atoms with E-state index in [1.54, 1.807) is 35.0 Å². The lowest BCUT2D eigenvalue weighted by Gasteiger charge is -2.44. The van der Waals surface area contributed by atoms with E-state index in [-0.39, 0.29) is 35.3 Å². The predicted molar refractivity (Wildman–Crippen MR) is 144 cm³/mol. The molecule has 216 valence electrons. The molecule has 12 heteroatoms. The number of hydrogen-bond donors (Lipinski definition) is 1. The smallest absolute Gasteiger partial charge is 0.387 e. The molecular weight excluding hydrogens is 570 g/mol. The average molecular weight is 600 g/mol. The highest BCUT2D eigenvalue weighted by Crippen LogP contribution is 2.36. The minimum Gasteiger partial charge on any atom is -0.387 e. The molecule has 2 heterocycles. The second-order valence-electron chi connectivity index (χ2n) is 10.2. The monoisotopic (exact) mass is 599 g/mol. The number of alkyl halides is 3. The second kappa shape index (κ2) is 12.4. The Labute approximate surface area is 240 Å². The average Bonchev–Trinajstić information content (AvgIpc) is 2.96. The minimum atomic E-state index is -4.50. The molecule has 2 aromatic rings. The number of rotatable bonds is 5. The van der Waals surface area contributed by atoms with Crippen LogP contribution in [0.15, 0.2) is 42.5 Å². The SMILES string of the molecule is CN(C(=O)c1ccc(C(F)(F)F)cc1)[C@@H]1CCN(C(=O)C2CCN(C(=O)CO)CC2)C[C@H]1c1ccc(Cl)c(Cl)c1. The van der Waals surface area contributed by atoms with Gasteiger partial charge in [-0.1, -0.05) is 29.3 Å². The zero-order chi connectivity index (χ0) is 29.2. The number of aliphatic hydroxyl groups is 1. The third-order valence-corrected chi connectivity index (χ3v) is 8.61. The Morgan fingerprint density at radius 3 is 2.15 bits per heavy atom. The normalized spacial score (nSPS) is 20.4. The van der Waals surface area contributed by atoms with Crippen LogP contribution >= 0.6 is 23.2 Å². The van der Waals surface area contributed by atoms with Crippen LogP contribution in [0.3, 0.4) is 0 Å². The highest BCUT2D eigenvalue weighted by atomic mass is 35.5. The molecule has 0 spiro atoms. The summed E-state index contributed by atoms with van der Waals surface area (Å²) >= 11 is 12.4. The zero-order valence-electron chi connectivity index (χ0n) is 21.8. The summed E-state index contributed by atoms with van der Waals surface area (Å²) in [6.07, 6.45) is -3.07. The third kappa shape index (κ3) is 6.56. The Kier molecular flexibility index (Phi) is 9.32. The first-order chi connectivity index (χ1) is 18.9. The van der Waals surface area contributed by atoms with Gasteiger partial charge in [0.05, 0.1) is 15.6 Å². The maximum absolute atomic E-state index is 13.5. The number of likely N-dealkylation sites (tertiary alicyclic amines) is 2. The van der Waals surface area contributed by atoms with E-state index in [0.29, 0.717) is 55.5 Å². The van der Waals surface area contributed by atoms with E-state index in [0.717, 1.165) is 17.7 Å². The molecule has 2 aliphatic heterocycles. The molecule has 0 bridgehead atoms. The van der Waals surface area contributed by atoms with E-state index in [1.807, 2.05) is 0 Å². The van der Waals surface area contributed by atoms with Crippen LogP contribution in [-0.2, 0) is 15.8 Å². The highest BCUT2D eigenvalue weighted by Gasteiger charge is 2.39. The van der Waals surface area contributed by atoms with Crippen LogP contribution in [0.2, 0.25) is 10.0 Å². The summed E-state index contributed by atoms with van der Waals surface area (Å²) in [6.45, 7) is 0.930. The summed E-state index contributed by atoms with van der Waals surface area (Å²) in [5, 5.41) is 9.81. The fourth-order valence-electron chi connectivity index (χ4n) is 5.56. The van der Waals surface area contributed by atoms with Crippen LogP contribution < -0.4 is 0 Å². The molecule has 4 rings (SSSR count). The first kappa shape index (κ1) is 30.1. The van der Waals surface area contributed by atoms with Crippen molar-refractivity contribution in [2.75, 3.05) is 39.8 Å². The van der Waals surface area contributed by atoms with Crippen molar-refractivity contribution < 1.29 is 32.7 Å². The number of benzene rings is 2. The van der Waals surface area contributed by atoms with Gasteiger partial charge >= 0.3 is 6.18 Å². The van der Waals surface area contributed by atoms with E-state index in [9.17, 15) is 27.6 Å². The van der Waals surface area contributed by atoms with E-state index < -0.39 is 24.3 Å². The van der Waals surface area contributed by atoms with Crippen LogP contribution in [0, 0.1) is 5.92 Å². The molecule has 0 radical (unpaired) electrons. The highest BCUT2D eigenvalue weighted by molar-refractivity contribution is 6.42. The first-order valence-corrected chi connectivity index (χ1v) is 13.7. The summed E-state index contributed by atoms with van der Waals surface area (Å²) in [6, 6.07) is 8.92. The van der Waals surface area contributed by atoms with Crippen molar-refractivity contribution in [1.29, 1.82) is 0 Å². The van der Waals surface area contributed by atoms with Crippen LogP contribution in [0.1, 0.15) is 46.7 Å². The van der Waals surface area contributed by atoms with Crippen LogP contribution in [0.25, 0.3) is 0 Å². The molecule has 0 saturated carbocycles. The van der Waals surface area contributed by atoms with Gasteiger partial charge in [0.15, 0.2) is 0 Å². The summed E-state index contributed by atoms with van der Waals surface area (Å²) in [5.74, 6) is -1.40. The van der Waals surface area contributed by atoms with Gasteiger partial charge in [-0.3, -0.25) is 14.4 Å². The summed E-state index contributed by atoms with van der Waals surface area (Å²) in [7, 11) is 1.61. The number of nitrogens with zero attached hydrogens (tertiary/aromatic N) is 3. The molecule has 1 N–H and O–H groups in total. The van der Waals surface area contributed by atoms with Gasteiger partial charge in [-0.2, -0.15) is 13.2 Å². The van der Waals surface area contributed by atoms with Crippen LogP contribution in [0.5, 0.6) is 0 Å². The molecule has 2 atom stereocenters. The molecule has 7 nitrogen and oxygen atoms in total. The van der Waals surface area contributed by atoms with Crippen molar-refractivity contribution >= 4 is 40.9 Å². The molecule has 0 aliphatic carbocycles. The zero-order valence-corrected chi connectivity index (χ0v) is 23.3. The molecule has 2 fully saturated rings. The van der Waals surface area contributed by atoms with Crippen molar-refractivity contribution in [3.05, 3.63) is 69.2 Å². The number of hydrogen-bond acceptors (Lipinski definition) is 4. The number of carbonyl (C=O) groups excluding carboxylic acids is 3. The van der Waals surface area contributed by atoms with Crippen molar-refractivity contribution in [2.24, 2.45) is 5.92 Å². The lowest BCUT2D eigenvalue weighted by Crippen LogP contribution is -2.53. The number of carbonyl (C=O) groups is 3. The van der Waals surface area contributed by atoms with Gasteiger partial charge in [0, 0.05) is 56.7 Å². The predicted octanol–water partition coefficient (Wildman–Crippen LogP) is 4.70. The van der Waals surface area contributed by atoms with Gasteiger partial charge in [-0.05, 0) is 61.2 Å². The maximum atomic E-state index is 13.5. The Bertz CT molecular complexity index is 1250. The standard InChI is InChI=1S/C28H30Cl2F3N3O4/c1-34(26(39)17-2-5-20(6-3-17)28(31,32)33)24-10-13-36(15-21(24)19-4-7-22(29)23(30)14-19)27(40)18-8-11-35(12-9-18)25(38)16-37/h2-7,14,18,21,24,37H,8-13,15-16H2,1H3/t21-,24+/m0/s1. The first-order valence-electron chi connectivity index (χ1n) is 13.0. The Hall–Kier alpha value is -2.82. The lowest BCUT2D eigenvalue weighted by molar-refractivity contribution is -0.143. The lowest BCUT2D eigenvalue weighted by atomic mass is 9.83. The molecule has 3 amide bonds. The van der Waals surface area contributed by atoms with Crippen LogP contribution in [0.4, 0.5) is 13.2 Å².